The third kappa shape index (κ3) is 4.76. The molecule has 0 saturated heterocycles. The number of aliphatic hydroxyl groups is 2. The minimum absolute atomic E-state index is 0.00383. The van der Waals surface area contributed by atoms with Gasteiger partial charge in [0.1, 0.15) is 36.1 Å². The minimum Gasteiger partial charge on any atom is -0.465 e. The number of carbonyl (C=O) groups excluding carboxylic acids is 5. The maximum atomic E-state index is 14.4. The van der Waals surface area contributed by atoms with Crippen molar-refractivity contribution in [2.24, 2.45) is 40.4 Å². The molecule has 4 aliphatic carbocycles. The molecule has 0 spiro atoms. The highest BCUT2D eigenvalue weighted by atomic mass is 16.6. The van der Waals surface area contributed by atoms with Crippen LogP contribution in [0.25, 0.3) is 0 Å². The van der Waals surface area contributed by atoms with E-state index in [0.29, 0.717) is 12.8 Å². The molecule has 0 unspecified atom stereocenters. The molecule has 0 aromatic carbocycles. The normalized spacial score (nSPS) is 43.9. The second kappa shape index (κ2) is 10.3. The van der Waals surface area contributed by atoms with Gasteiger partial charge in [-0.05, 0) is 49.4 Å². The molecule has 230 valence electrons. The summed E-state index contributed by atoms with van der Waals surface area (Å²) in [5, 5.41) is 24.6. The Morgan fingerprint density at radius 2 is 1.54 bits per heavy atom. The first-order valence-electron chi connectivity index (χ1n) is 14.5. The van der Waals surface area contributed by atoms with Crippen LogP contribution in [0, 0.1) is 40.4 Å². The average molecular weight is 581 g/mol. The van der Waals surface area contributed by atoms with Crippen LogP contribution in [0.4, 0.5) is 0 Å². The van der Waals surface area contributed by atoms with E-state index < -0.39 is 94.4 Å². The van der Waals surface area contributed by atoms with Gasteiger partial charge in [0.25, 0.3) is 0 Å². The zero-order valence-electron chi connectivity index (χ0n) is 25.2. The van der Waals surface area contributed by atoms with Crippen LogP contribution in [0.15, 0.2) is 0 Å². The molecule has 0 bridgehead atoms. The Hall–Kier alpha value is -2.53. The molecule has 11 heteroatoms. The van der Waals surface area contributed by atoms with Gasteiger partial charge in [-0.2, -0.15) is 0 Å². The maximum absolute atomic E-state index is 14.4. The Morgan fingerprint density at radius 1 is 0.927 bits per heavy atom. The van der Waals surface area contributed by atoms with Crippen molar-refractivity contribution >= 4 is 29.7 Å². The lowest BCUT2D eigenvalue weighted by Crippen LogP contribution is -2.65. The highest BCUT2D eigenvalue weighted by Crippen LogP contribution is 2.75. The molecule has 4 rings (SSSR count). The van der Waals surface area contributed by atoms with Crippen LogP contribution in [-0.4, -0.2) is 76.0 Å². The van der Waals surface area contributed by atoms with Crippen molar-refractivity contribution in [3.63, 3.8) is 0 Å². The number of hydrogen-bond acceptors (Lipinski definition) is 11. The Kier molecular flexibility index (Phi) is 7.91. The molecule has 2 N–H and O–H groups in total. The van der Waals surface area contributed by atoms with Gasteiger partial charge in [0.15, 0.2) is 5.78 Å². The van der Waals surface area contributed by atoms with Crippen molar-refractivity contribution in [3.8, 4) is 0 Å². The molecular weight excluding hydrogens is 536 g/mol. The van der Waals surface area contributed by atoms with E-state index in [0.717, 1.165) is 0 Å². The summed E-state index contributed by atoms with van der Waals surface area (Å²) in [5.41, 5.74) is -6.57. The van der Waals surface area contributed by atoms with Crippen LogP contribution in [0.5, 0.6) is 0 Å². The SMILES string of the molecule is CCCC(=O)O[C@H]1[C@@H]2[C@H](OC(C)=O)[C@H](C)C[C@@]2(O)C(=O)[C@](C)(O)[C@H]2[C@@H]3[C@@H](C[C@H](OC(C)=O)[C@]12COC(C)=O)C3(C)C. The van der Waals surface area contributed by atoms with Crippen LogP contribution in [0.1, 0.15) is 81.1 Å². The minimum atomic E-state index is -2.27. The van der Waals surface area contributed by atoms with Gasteiger partial charge in [-0.15, -0.1) is 0 Å². The van der Waals surface area contributed by atoms with Gasteiger partial charge in [0.2, 0.25) is 0 Å². The van der Waals surface area contributed by atoms with E-state index >= 15 is 0 Å². The van der Waals surface area contributed by atoms with Gasteiger partial charge in [0.05, 0.1) is 11.3 Å². The molecule has 0 heterocycles. The Morgan fingerprint density at radius 3 is 2.07 bits per heavy atom. The van der Waals surface area contributed by atoms with Crippen LogP contribution >= 0.6 is 0 Å². The standard InChI is InChI=1S/C30H44O11/c1-9-10-20(34)41-25-22-23(40-17(5)33)14(2)12-30(22,37)26(35)28(8,36)24-21-18(27(21,6)7)11-19(39-16(4)32)29(24,25)13-38-15(3)31/h14,18-19,21-25,36-37H,9-13H2,1-8H3/t14-,18-,19+,21+,22+,23-,24-,25+,28-,29+,30+/m1/s1. The van der Waals surface area contributed by atoms with Gasteiger partial charge in [0, 0.05) is 33.1 Å². The Bertz CT molecular complexity index is 1130. The average Bonchev–Trinajstić information content (AvgIpc) is 3.28. The first kappa shape index (κ1) is 31.4. The van der Waals surface area contributed by atoms with Crippen LogP contribution in [-0.2, 0) is 42.9 Å². The van der Waals surface area contributed by atoms with Gasteiger partial charge >= 0.3 is 23.9 Å². The molecule has 0 aromatic heterocycles. The number of esters is 4. The summed E-state index contributed by atoms with van der Waals surface area (Å²) in [7, 11) is 0. The van der Waals surface area contributed by atoms with E-state index in [1.807, 2.05) is 13.8 Å². The third-order valence-corrected chi connectivity index (χ3v) is 10.4. The summed E-state index contributed by atoms with van der Waals surface area (Å²) < 4.78 is 23.5. The molecular formula is C30H44O11. The monoisotopic (exact) mass is 580 g/mol. The van der Waals surface area contributed by atoms with Gasteiger partial charge < -0.3 is 29.2 Å². The van der Waals surface area contributed by atoms with Crippen LogP contribution in [0.3, 0.4) is 0 Å². The summed E-state index contributed by atoms with van der Waals surface area (Å²) >= 11 is 0. The van der Waals surface area contributed by atoms with Crippen molar-refractivity contribution in [2.75, 3.05) is 6.61 Å². The van der Waals surface area contributed by atoms with E-state index in [2.05, 4.69) is 0 Å². The number of ketones is 1. The van der Waals surface area contributed by atoms with Gasteiger partial charge in [-0.25, -0.2) is 0 Å². The van der Waals surface area contributed by atoms with Gasteiger partial charge in [-0.1, -0.05) is 27.7 Å². The summed E-state index contributed by atoms with van der Waals surface area (Å²) in [6.07, 6.45) is -3.02. The molecule has 4 saturated carbocycles. The maximum Gasteiger partial charge on any atom is 0.306 e. The predicted molar refractivity (Wildman–Crippen MR) is 142 cm³/mol. The third-order valence-electron chi connectivity index (χ3n) is 10.4. The van der Waals surface area contributed by atoms with Crippen LogP contribution < -0.4 is 0 Å². The van der Waals surface area contributed by atoms with E-state index in [9.17, 15) is 34.2 Å². The zero-order valence-corrected chi connectivity index (χ0v) is 25.2. The predicted octanol–water partition coefficient (Wildman–Crippen LogP) is 2.12. The Balaban J connectivity index is 2.09. The number of fused-ring (bicyclic) bond motifs is 4. The molecule has 0 aromatic rings. The van der Waals surface area contributed by atoms with E-state index in [1.54, 1.807) is 13.8 Å². The summed E-state index contributed by atoms with van der Waals surface area (Å²) in [4.78, 5) is 64.9. The highest BCUT2D eigenvalue weighted by molar-refractivity contribution is 5.96. The Labute approximate surface area is 240 Å². The molecule has 0 aliphatic heterocycles. The molecule has 41 heavy (non-hydrogen) atoms. The van der Waals surface area contributed by atoms with Crippen molar-refractivity contribution in [1.29, 1.82) is 0 Å². The lowest BCUT2D eigenvalue weighted by Gasteiger charge is -2.54. The number of hydrogen-bond donors (Lipinski definition) is 2. The quantitative estimate of drug-likeness (QED) is 0.335. The fourth-order valence-corrected chi connectivity index (χ4v) is 8.88. The first-order chi connectivity index (χ1) is 18.9. The molecule has 11 atom stereocenters. The lowest BCUT2D eigenvalue weighted by atomic mass is 9.55. The van der Waals surface area contributed by atoms with Gasteiger partial charge in [-0.3, -0.25) is 24.0 Å². The van der Waals surface area contributed by atoms with Crippen molar-refractivity contribution in [3.05, 3.63) is 0 Å². The van der Waals surface area contributed by atoms with E-state index in [1.165, 1.54) is 27.7 Å². The summed E-state index contributed by atoms with van der Waals surface area (Å²) in [6, 6.07) is 0. The van der Waals surface area contributed by atoms with E-state index in [-0.39, 0.29) is 24.7 Å². The number of Topliss-reactive ketones (excluding diaryl/α,β-unsaturated/α-hetero) is 1. The number of ether oxygens (including phenoxy) is 4. The molecule has 11 nitrogen and oxygen atoms in total. The smallest absolute Gasteiger partial charge is 0.306 e. The molecule has 4 fully saturated rings. The first-order valence-corrected chi connectivity index (χ1v) is 14.5. The molecule has 4 aliphatic rings. The fourth-order valence-electron chi connectivity index (χ4n) is 8.88. The van der Waals surface area contributed by atoms with Crippen molar-refractivity contribution in [1.82, 2.24) is 0 Å². The number of rotatable bonds is 7. The topological polar surface area (TPSA) is 163 Å². The zero-order chi connectivity index (χ0) is 30.9. The second-order valence-corrected chi connectivity index (χ2v) is 13.5. The second-order valence-electron chi connectivity index (χ2n) is 13.5. The lowest BCUT2D eigenvalue weighted by molar-refractivity contribution is -0.235. The van der Waals surface area contributed by atoms with Crippen LogP contribution in [0.2, 0.25) is 0 Å². The largest absolute Gasteiger partial charge is 0.465 e. The fraction of sp³-hybridized carbons (Fsp3) is 0.833. The molecule has 0 radical (unpaired) electrons. The molecule has 0 amide bonds. The summed E-state index contributed by atoms with van der Waals surface area (Å²) in [5.74, 6) is -6.87. The van der Waals surface area contributed by atoms with Crippen molar-refractivity contribution in [2.45, 2.75) is 111 Å². The highest BCUT2D eigenvalue weighted by Gasteiger charge is 2.82. The van der Waals surface area contributed by atoms with E-state index in [4.69, 9.17) is 18.9 Å². The van der Waals surface area contributed by atoms with Crippen molar-refractivity contribution < 1.29 is 53.1 Å². The summed E-state index contributed by atoms with van der Waals surface area (Å²) in [6.45, 7) is 12.0. The number of carbonyl (C=O) groups is 5.